The van der Waals surface area contributed by atoms with Gasteiger partial charge in [0.05, 0.1) is 6.07 Å². The van der Waals surface area contributed by atoms with E-state index in [9.17, 15) is 13.6 Å². The molecule has 1 aromatic carbocycles. The highest BCUT2D eigenvalue weighted by Gasteiger charge is 2.35. The summed E-state index contributed by atoms with van der Waals surface area (Å²) < 4.78 is 27.4. The van der Waals surface area contributed by atoms with Crippen LogP contribution < -0.4 is 5.32 Å². The van der Waals surface area contributed by atoms with Crippen molar-refractivity contribution in [2.45, 2.75) is 26.7 Å². The molecule has 0 fully saturated rings. The number of benzene rings is 1. The molecular weight excluding hydrogens is 318 g/mol. The predicted octanol–water partition coefficient (Wildman–Crippen LogP) is 4.00. The van der Waals surface area contributed by atoms with Crippen molar-refractivity contribution < 1.29 is 13.6 Å². The Bertz CT molecular complexity index is 513. The van der Waals surface area contributed by atoms with Crippen LogP contribution in [0.3, 0.4) is 0 Å². The third kappa shape index (κ3) is 3.10. The zero-order valence-corrected chi connectivity index (χ0v) is 12.1. The topological polar surface area (TPSA) is 52.9 Å². The Labute approximate surface area is 118 Å². The summed E-state index contributed by atoms with van der Waals surface area (Å²) in [6.45, 7) is 3.36. The van der Waals surface area contributed by atoms with E-state index in [1.165, 1.54) is 0 Å². The molecule has 0 bridgehead atoms. The molecule has 0 saturated heterocycles. The molecular formula is C13H13BrF2N2O. The minimum atomic E-state index is -1.27. The van der Waals surface area contributed by atoms with Crippen molar-refractivity contribution in [3.8, 4) is 6.07 Å². The lowest BCUT2D eigenvalue weighted by atomic mass is 9.83. The number of rotatable bonds is 4. The van der Waals surface area contributed by atoms with Gasteiger partial charge in [-0.05, 0) is 25.0 Å². The van der Waals surface area contributed by atoms with Crippen LogP contribution in [0.2, 0.25) is 0 Å². The van der Waals surface area contributed by atoms with Crippen molar-refractivity contribution in [2.75, 3.05) is 5.32 Å². The number of nitriles is 1. The summed E-state index contributed by atoms with van der Waals surface area (Å²) in [5.74, 6) is -2.47. The van der Waals surface area contributed by atoms with Gasteiger partial charge >= 0.3 is 0 Å². The molecule has 6 heteroatoms. The molecule has 0 saturated carbocycles. The Hall–Kier alpha value is -1.48. The van der Waals surface area contributed by atoms with Gasteiger partial charge in [-0.25, -0.2) is 8.78 Å². The van der Waals surface area contributed by atoms with Crippen LogP contribution in [-0.2, 0) is 4.79 Å². The third-order valence-corrected chi connectivity index (χ3v) is 3.56. The number of amides is 1. The molecule has 1 aromatic rings. The summed E-state index contributed by atoms with van der Waals surface area (Å²) >= 11 is 2.95. The van der Waals surface area contributed by atoms with Crippen molar-refractivity contribution in [1.82, 2.24) is 0 Å². The van der Waals surface area contributed by atoms with Crippen molar-refractivity contribution in [3.05, 3.63) is 28.2 Å². The highest BCUT2D eigenvalue weighted by molar-refractivity contribution is 9.10. The zero-order chi connectivity index (χ0) is 14.6. The van der Waals surface area contributed by atoms with Gasteiger partial charge < -0.3 is 5.32 Å². The van der Waals surface area contributed by atoms with E-state index in [0.29, 0.717) is 0 Å². The molecule has 0 aliphatic heterocycles. The largest absolute Gasteiger partial charge is 0.320 e. The molecule has 0 radical (unpaired) electrons. The summed E-state index contributed by atoms with van der Waals surface area (Å²) in [6, 6.07) is 4.01. The fourth-order valence-electron chi connectivity index (χ4n) is 1.67. The molecule has 0 aliphatic rings. The van der Waals surface area contributed by atoms with Crippen molar-refractivity contribution in [3.63, 3.8) is 0 Å². The minimum absolute atomic E-state index is 0.234. The number of carbonyl (C=O) groups is 1. The van der Waals surface area contributed by atoms with Crippen molar-refractivity contribution in [2.24, 2.45) is 5.41 Å². The van der Waals surface area contributed by atoms with Crippen molar-refractivity contribution in [1.29, 1.82) is 5.26 Å². The Morgan fingerprint density at radius 1 is 1.37 bits per heavy atom. The first kappa shape index (κ1) is 15.6. The smallest absolute Gasteiger partial charge is 0.244 e. The molecule has 0 spiro atoms. The standard InChI is InChI=1S/C13H13BrF2N2O/c1-3-13(4-2,7-17)12(19)18-11-9(15)5-8(14)6-10(11)16/h5-6H,3-4H2,1-2H3,(H,18,19). The van der Waals surface area contributed by atoms with E-state index in [4.69, 9.17) is 5.26 Å². The van der Waals surface area contributed by atoms with E-state index in [2.05, 4.69) is 21.2 Å². The lowest BCUT2D eigenvalue weighted by molar-refractivity contribution is -0.123. The second-order valence-electron chi connectivity index (χ2n) is 4.10. The summed E-state index contributed by atoms with van der Waals surface area (Å²) in [4.78, 5) is 12.0. The highest BCUT2D eigenvalue weighted by Crippen LogP contribution is 2.30. The van der Waals surface area contributed by atoms with Gasteiger partial charge in [0.2, 0.25) is 5.91 Å². The number of nitrogens with one attached hydrogen (secondary N) is 1. The molecule has 1 amide bonds. The second-order valence-corrected chi connectivity index (χ2v) is 5.02. The first-order valence-electron chi connectivity index (χ1n) is 5.77. The maximum Gasteiger partial charge on any atom is 0.244 e. The van der Waals surface area contributed by atoms with E-state index in [-0.39, 0.29) is 17.3 Å². The molecule has 19 heavy (non-hydrogen) atoms. The first-order chi connectivity index (χ1) is 8.90. The van der Waals surface area contributed by atoms with Crippen LogP contribution in [0.5, 0.6) is 0 Å². The third-order valence-electron chi connectivity index (χ3n) is 3.10. The van der Waals surface area contributed by atoms with Gasteiger partial charge in [0.25, 0.3) is 0 Å². The number of nitrogens with zero attached hydrogens (tertiary/aromatic N) is 1. The Morgan fingerprint density at radius 2 is 1.84 bits per heavy atom. The molecule has 0 heterocycles. The Morgan fingerprint density at radius 3 is 2.21 bits per heavy atom. The maximum atomic E-state index is 13.6. The summed E-state index contributed by atoms with van der Waals surface area (Å²) in [5.41, 5.74) is -1.80. The Balaban J connectivity index is 3.11. The number of halogens is 3. The summed E-state index contributed by atoms with van der Waals surface area (Å²) in [6.07, 6.45) is 0.539. The van der Waals surface area contributed by atoms with Crippen LogP contribution in [0.15, 0.2) is 16.6 Å². The van der Waals surface area contributed by atoms with Gasteiger partial charge in [-0.2, -0.15) is 5.26 Å². The SMILES string of the molecule is CCC(C#N)(CC)C(=O)Nc1c(F)cc(Br)cc1F. The molecule has 102 valence electrons. The average molecular weight is 331 g/mol. The molecule has 1 N–H and O–H groups in total. The quantitative estimate of drug-likeness (QED) is 0.907. The first-order valence-corrected chi connectivity index (χ1v) is 6.56. The summed E-state index contributed by atoms with van der Waals surface area (Å²) in [7, 11) is 0. The van der Waals surface area contributed by atoms with Crippen LogP contribution in [0, 0.1) is 28.4 Å². The zero-order valence-electron chi connectivity index (χ0n) is 10.6. The Kier molecular flexibility index (Phi) is 5.01. The van der Waals surface area contributed by atoms with Gasteiger partial charge in [0.1, 0.15) is 11.1 Å². The second kappa shape index (κ2) is 6.11. The molecule has 0 aliphatic carbocycles. The van der Waals surface area contributed by atoms with E-state index < -0.39 is 28.6 Å². The number of hydrogen-bond acceptors (Lipinski definition) is 2. The van der Waals surface area contributed by atoms with Crippen LogP contribution in [-0.4, -0.2) is 5.91 Å². The molecule has 0 atom stereocenters. The molecule has 0 unspecified atom stereocenters. The fourth-order valence-corrected chi connectivity index (χ4v) is 2.08. The summed E-state index contributed by atoms with van der Waals surface area (Å²) in [5, 5.41) is 11.3. The minimum Gasteiger partial charge on any atom is -0.320 e. The lowest BCUT2D eigenvalue weighted by Gasteiger charge is -2.22. The number of hydrogen-bond donors (Lipinski definition) is 1. The molecule has 1 rings (SSSR count). The van der Waals surface area contributed by atoms with Gasteiger partial charge in [-0.15, -0.1) is 0 Å². The number of carbonyl (C=O) groups excluding carboxylic acids is 1. The van der Waals surface area contributed by atoms with E-state index in [0.717, 1.165) is 12.1 Å². The van der Waals surface area contributed by atoms with E-state index in [1.807, 2.05) is 6.07 Å². The van der Waals surface area contributed by atoms with Crippen molar-refractivity contribution >= 4 is 27.5 Å². The van der Waals surface area contributed by atoms with Gasteiger partial charge in [0.15, 0.2) is 11.6 Å². The number of anilines is 1. The monoisotopic (exact) mass is 330 g/mol. The normalized spacial score (nSPS) is 10.9. The fraction of sp³-hybridized carbons (Fsp3) is 0.385. The van der Waals surface area contributed by atoms with Crippen LogP contribution in [0.1, 0.15) is 26.7 Å². The van der Waals surface area contributed by atoms with E-state index in [1.54, 1.807) is 13.8 Å². The average Bonchev–Trinajstić information content (AvgIpc) is 2.36. The van der Waals surface area contributed by atoms with Gasteiger partial charge in [-0.3, -0.25) is 4.79 Å². The van der Waals surface area contributed by atoms with Crippen LogP contribution in [0.25, 0.3) is 0 Å². The lowest BCUT2D eigenvalue weighted by Crippen LogP contribution is -2.34. The van der Waals surface area contributed by atoms with Crippen LogP contribution in [0.4, 0.5) is 14.5 Å². The van der Waals surface area contributed by atoms with Crippen LogP contribution >= 0.6 is 15.9 Å². The maximum absolute atomic E-state index is 13.6. The highest BCUT2D eigenvalue weighted by atomic mass is 79.9. The molecule has 0 aromatic heterocycles. The van der Waals surface area contributed by atoms with Gasteiger partial charge in [-0.1, -0.05) is 29.8 Å². The predicted molar refractivity (Wildman–Crippen MR) is 71.3 cm³/mol. The molecule has 3 nitrogen and oxygen atoms in total. The van der Waals surface area contributed by atoms with E-state index >= 15 is 0 Å². The van der Waals surface area contributed by atoms with Gasteiger partial charge in [0, 0.05) is 4.47 Å².